The highest BCUT2D eigenvalue weighted by atomic mass is 16.6. The summed E-state index contributed by atoms with van der Waals surface area (Å²) in [5, 5.41) is 17.0. The maximum absolute atomic E-state index is 15.0. The predicted octanol–water partition coefficient (Wildman–Crippen LogP) is 7.67. The molecule has 3 aromatic rings. The lowest BCUT2D eigenvalue weighted by atomic mass is 9.89. The fraction of sp³-hybridized carbons (Fsp3) is 0.630. The van der Waals surface area contributed by atoms with E-state index in [9.17, 15) is 52.7 Å². The Morgan fingerprint density at radius 2 is 1.31 bits per heavy atom. The number of anilines is 2. The Bertz CT molecular complexity index is 3470. The number of urea groups is 1. The van der Waals surface area contributed by atoms with Crippen LogP contribution in [-0.4, -0.2) is 214 Å². The number of primary amides is 1. The topological polar surface area (TPSA) is 356 Å². The molecule has 28 heteroatoms. The maximum atomic E-state index is 15.0. The molecule has 12 atom stereocenters. The quantitative estimate of drug-likeness (QED) is 0.0162. The van der Waals surface area contributed by atoms with Crippen molar-refractivity contribution in [3.05, 3.63) is 95.6 Å². The van der Waals surface area contributed by atoms with Crippen molar-refractivity contribution in [2.45, 2.75) is 227 Å². The van der Waals surface area contributed by atoms with Crippen molar-refractivity contribution in [2.24, 2.45) is 41.2 Å². The van der Waals surface area contributed by atoms with Gasteiger partial charge in [-0.05, 0) is 129 Å². The van der Waals surface area contributed by atoms with E-state index >= 15 is 4.79 Å². The molecule has 0 saturated carbocycles. The van der Waals surface area contributed by atoms with E-state index in [1.807, 2.05) is 110 Å². The number of nitrogens with one attached hydrogen (secondary N) is 6. The van der Waals surface area contributed by atoms with Gasteiger partial charge in [0.25, 0.3) is 0 Å². The van der Waals surface area contributed by atoms with Crippen LogP contribution in [0.2, 0.25) is 0 Å². The van der Waals surface area contributed by atoms with Crippen LogP contribution in [0.15, 0.2) is 78.9 Å². The molecule has 1 unspecified atom stereocenters. The number of amides is 12. The smallest absolute Gasteiger partial charge is 0.414 e. The molecule has 28 nitrogen and oxygen atoms in total. The number of benzene rings is 3. The van der Waals surface area contributed by atoms with E-state index in [0.29, 0.717) is 87.9 Å². The summed E-state index contributed by atoms with van der Waals surface area (Å²) < 4.78 is 22.9. The maximum Gasteiger partial charge on any atom is 0.414 e. The van der Waals surface area contributed by atoms with Crippen LogP contribution in [-0.2, 0) is 86.3 Å². The number of unbranched alkanes of at least 4 members (excludes halogenated alkanes) is 2. The van der Waals surface area contributed by atoms with Crippen molar-refractivity contribution < 1.29 is 76.5 Å². The van der Waals surface area contributed by atoms with Crippen LogP contribution in [0.5, 0.6) is 0 Å². The van der Waals surface area contributed by atoms with Crippen molar-refractivity contribution in [1.82, 2.24) is 46.2 Å². The number of hydrogen-bond donors (Lipinski definition) is 7. The van der Waals surface area contributed by atoms with Gasteiger partial charge in [0, 0.05) is 91.0 Å². The van der Waals surface area contributed by atoms with Crippen LogP contribution in [0.3, 0.4) is 0 Å². The summed E-state index contributed by atoms with van der Waals surface area (Å²) >= 11 is 0. The molecule has 2 aliphatic heterocycles. The number of carbonyl (C=O) groups is 12. The minimum absolute atomic E-state index is 0.00141. The lowest BCUT2D eigenvalue weighted by molar-refractivity contribution is -0.148. The average molecular weight is 1520 g/mol. The molecule has 0 aliphatic carbocycles. The Labute approximate surface area is 644 Å². The highest BCUT2D eigenvalue weighted by Crippen LogP contribution is 2.31. The molecule has 2 fully saturated rings. The summed E-state index contributed by atoms with van der Waals surface area (Å²) in [5.41, 5.74) is 8.64. The largest absolute Gasteiger partial charge is 0.467 e. The molecule has 0 spiro atoms. The lowest BCUT2D eigenvalue weighted by Gasteiger charge is -2.41. The zero-order valence-corrected chi connectivity index (χ0v) is 67.2. The van der Waals surface area contributed by atoms with Gasteiger partial charge in [-0.2, -0.15) is 0 Å². The Morgan fingerprint density at radius 1 is 0.679 bits per heavy atom. The molecular weight excluding hydrogens is 1400 g/mol. The van der Waals surface area contributed by atoms with Gasteiger partial charge in [-0.15, -0.1) is 0 Å². The first-order valence-electron chi connectivity index (χ1n) is 38.6. The number of imide groups is 1. The van der Waals surface area contributed by atoms with Crippen LogP contribution in [0.1, 0.15) is 169 Å². The second-order valence-corrected chi connectivity index (χ2v) is 30.5. The van der Waals surface area contributed by atoms with E-state index in [-0.39, 0.29) is 123 Å². The molecule has 5 rings (SSSR count). The van der Waals surface area contributed by atoms with E-state index in [1.165, 1.54) is 31.1 Å². The zero-order valence-electron chi connectivity index (χ0n) is 67.2. The molecule has 109 heavy (non-hydrogen) atoms. The highest BCUT2D eigenvalue weighted by molar-refractivity contribution is 6.03. The van der Waals surface area contributed by atoms with Crippen molar-refractivity contribution >= 4 is 82.6 Å². The Hall–Kier alpha value is -9.02. The molecule has 0 radical (unpaired) electrons. The molecular formula is C81H124N12O16. The van der Waals surface area contributed by atoms with Crippen molar-refractivity contribution in [3.63, 3.8) is 0 Å². The first-order valence-corrected chi connectivity index (χ1v) is 38.6. The fourth-order valence-electron chi connectivity index (χ4n) is 14.4. The standard InChI is InChI=1S/C81H124N12O16/c1-17-53(8)71(66(106-14)48-69(96)92-42-25-29-65(92)72(107-15)55(10)73(97)88-64(79(103)108-16)47-57-26-20-18-21-27-57)91(13)78(102)63(45-51(4)5)87-76(100)70(52(6)7)89(11)43-39-56-33-37-60(38-34-56)90(12)81(105)109-49-58-31-35-59(36-32-58)84-74(98)61(28-24-40-83-80(82)104)86-75(99)62(44-50(2)3)85-67(94)30-22-19-23-41-93-68(95)46-54(9)77(93)101/h18,20-21,26-27,31-38,50-55,61-66,70-72H,17,19,22-25,28-30,39-49H2,1-16H3,(H,84,98)(H,85,94)(H,86,99)(H,87,100)(H,88,97)(H3,82,83,104)/t53-,54?,55+,61-,62-,63-,64-,65-,66+,70-,71-,72+/m0/s1. The van der Waals surface area contributed by atoms with Crippen LogP contribution >= 0.6 is 0 Å². The number of nitrogens with zero attached hydrogens (tertiary/aromatic N) is 5. The molecule has 2 heterocycles. The van der Waals surface area contributed by atoms with Crippen molar-refractivity contribution in [1.29, 1.82) is 0 Å². The van der Waals surface area contributed by atoms with Gasteiger partial charge in [0.05, 0.1) is 49.8 Å². The van der Waals surface area contributed by atoms with Gasteiger partial charge in [0.2, 0.25) is 53.2 Å². The highest BCUT2D eigenvalue weighted by Gasteiger charge is 2.44. The Balaban J connectivity index is 1.14. The van der Waals surface area contributed by atoms with E-state index in [2.05, 4.69) is 31.9 Å². The summed E-state index contributed by atoms with van der Waals surface area (Å²) in [6.07, 6.45) is 3.52. The number of methoxy groups -OCH3 is 3. The van der Waals surface area contributed by atoms with Crippen LogP contribution < -0.4 is 42.5 Å². The molecule has 0 aromatic heterocycles. The van der Waals surface area contributed by atoms with Gasteiger partial charge in [-0.1, -0.05) is 137 Å². The molecule has 8 N–H and O–H groups in total. The number of carbonyl (C=O) groups excluding carboxylic acids is 12. The third kappa shape index (κ3) is 28.1. The Kier molecular flexibility index (Phi) is 37.6. The van der Waals surface area contributed by atoms with E-state index in [1.54, 1.807) is 74.1 Å². The number of rotatable bonds is 45. The summed E-state index contributed by atoms with van der Waals surface area (Å²) in [7, 11) is 9.50. The third-order valence-corrected chi connectivity index (χ3v) is 20.7. The minimum atomic E-state index is -1.07. The number of ether oxygens (including phenoxy) is 4. The van der Waals surface area contributed by atoms with E-state index < -0.39 is 96.2 Å². The van der Waals surface area contributed by atoms with E-state index in [4.69, 9.17) is 24.7 Å². The van der Waals surface area contributed by atoms with Gasteiger partial charge in [0.1, 0.15) is 30.8 Å². The molecule has 12 amide bonds. The first kappa shape index (κ1) is 90.6. The Morgan fingerprint density at radius 3 is 1.90 bits per heavy atom. The zero-order chi connectivity index (χ0) is 80.8. The van der Waals surface area contributed by atoms with Crippen molar-refractivity contribution in [2.75, 3.05) is 78.9 Å². The third-order valence-electron chi connectivity index (χ3n) is 20.7. The number of esters is 1. The molecule has 3 aromatic carbocycles. The van der Waals surface area contributed by atoms with Crippen LogP contribution in [0, 0.1) is 35.5 Å². The van der Waals surface area contributed by atoms with Gasteiger partial charge in [0.15, 0.2) is 0 Å². The second-order valence-electron chi connectivity index (χ2n) is 30.5. The van der Waals surface area contributed by atoms with Crippen LogP contribution in [0.25, 0.3) is 0 Å². The monoisotopic (exact) mass is 1520 g/mol. The van der Waals surface area contributed by atoms with Gasteiger partial charge < -0.3 is 66.4 Å². The average Bonchev–Trinajstić information content (AvgIpc) is 1.77. The molecule has 604 valence electrons. The molecule has 0 bridgehead atoms. The fourth-order valence-corrected chi connectivity index (χ4v) is 14.4. The number of nitrogens with two attached hydrogens (primary N) is 1. The summed E-state index contributed by atoms with van der Waals surface area (Å²) in [6.45, 7) is 20.4. The number of likely N-dealkylation sites (tertiary alicyclic amines) is 2. The predicted molar refractivity (Wildman–Crippen MR) is 416 cm³/mol. The number of hydrogen-bond acceptors (Lipinski definition) is 17. The summed E-state index contributed by atoms with van der Waals surface area (Å²) in [4.78, 5) is 169. The van der Waals surface area contributed by atoms with E-state index in [0.717, 1.165) is 11.1 Å². The SMILES string of the molecule is CC[C@H](C)[C@@H]([C@@H](CC(=O)N1CCC[C@H]1[C@H](OC)[C@@H](C)C(=O)N[C@@H](Cc1ccccc1)C(=O)OC)OC)N(C)C(=O)[C@H](CC(C)C)NC(=O)[C@H](C(C)C)N(C)CCc1ccc(N(C)C(=O)OCc2ccc(NC(=O)[C@H](CCCNC(N)=O)NC(=O)[C@H](CC(C)C)NC(=O)CCCCCN3C(=O)CC(C)C3=O)cc2)cc1. The molecule has 2 aliphatic rings. The minimum Gasteiger partial charge on any atom is -0.467 e. The lowest BCUT2D eigenvalue weighted by Crippen LogP contribution is -2.59. The van der Waals surface area contributed by atoms with Gasteiger partial charge in [-0.3, -0.25) is 57.9 Å². The second kappa shape index (κ2) is 45.2. The normalized spacial score (nSPS) is 17.1. The summed E-state index contributed by atoms with van der Waals surface area (Å²) in [6, 6.07) is 17.1. The van der Waals surface area contributed by atoms with Crippen LogP contribution in [0.4, 0.5) is 21.0 Å². The van der Waals surface area contributed by atoms with Gasteiger partial charge >= 0.3 is 18.1 Å². The summed E-state index contributed by atoms with van der Waals surface area (Å²) in [5.74, 6) is -5.00. The number of likely N-dealkylation sites (N-methyl/N-ethyl adjacent to an activating group) is 2. The van der Waals surface area contributed by atoms with Gasteiger partial charge in [-0.25, -0.2) is 14.4 Å². The van der Waals surface area contributed by atoms with Crippen molar-refractivity contribution in [3.8, 4) is 0 Å². The molecule has 2 saturated heterocycles. The first-order chi connectivity index (χ1) is 51.7.